The SMILES string of the molecule is CCCC(=O)C[C@@H](CC)c1ccc(Cl)c(C(=O)c2ccc(N)nc2)c1F. The standard InChI is InChI=1S/C20H22ClFN2O2/c1-3-5-14(25)10-12(4-2)15-7-8-16(21)18(19(15)22)20(26)13-6-9-17(23)24-11-13/h6-9,11-12H,3-5,10H2,1-2H3,(H2,23,24)/t12-/m1/s1. The van der Waals surface area contributed by atoms with Crippen LogP contribution in [0.4, 0.5) is 10.2 Å². The number of halogens is 2. The van der Waals surface area contributed by atoms with E-state index in [1.54, 1.807) is 6.07 Å². The second-order valence-electron chi connectivity index (χ2n) is 6.22. The minimum absolute atomic E-state index is 0.0304. The van der Waals surface area contributed by atoms with Crippen molar-refractivity contribution in [2.75, 3.05) is 5.73 Å². The van der Waals surface area contributed by atoms with E-state index in [4.69, 9.17) is 17.3 Å². The van der Waals surface area contributed by atoms with Gasteiger partial charge in [-0.2, -0.15) is 0 Å². The van der Waals surface area contributed by atoms with Crippen LogP contribution in [-0.4, -0.2) is 16.6 Å². The van der Waals surface area contributed by atoms with Crippen LogP contribution >= 0.6 is 11.6 Å². The number of benzene rings is 1. The van der Waals surface area contributed by atoms with Crippen molar-refractivity contribution >= 4 is 29.0 Å². The molecule has 2 N–H and O–H groups in total. The van der Waals surface area contributed by atoms with E-state index in [1.165, 1.54) is 24.4 Å². The molecule has 1 heterocycles. The topological polar surface area (TPSA) is 73.0 Å². The Morgan fingerprint density at radius 2 is 1.96 bits per heavy atom. The lowest BCUT2D eigenvalue weighted by atomic mass is 9.88. The molecule has 2 rings (SSSR count). The predicted molar refractivity (Wildman–Crippen MR) is 101 cm³/mol. The van der Waals surface area contributed by atoms with E-state index in [2.05, 4.69) is 4.98 Å². The number of Topliss-reactive ketones (excluding diaryl/α,β-unsaturated/α-hetero) is 1. The van der Waals surface area contributed by atoms with Gasteiger partial charge in [0.25, 0.3) is 0 Å². The van der Waals surface area contributed by atoms with Crippen LogP contribution in [0.25, 0.3) is 0 Å². The summed E-state index contributed by atoms with van der Waals surface area (Å²) in [6, 6.07) is 6.02. The summed E-state index contributed by atoms with van der Waals surface area (Å²) >= 11 is 6.11. The molecule has 0 aliphatic rings. The molecule has 2 aromatic rings. The van der Waals surface area contributed by atoms with E-state index < -0.39 is 11.6 Å². The highest BCUT2D eigenvalue weighted by Gasteiger charge is 2.25. The first kappa shape index (κ1) is 20.0. The summed E-state index contributed by atoms with van der Waals surface area (Å²) in [6.07, 6.45) is 3.36. The molecule has 0 amide bonds. The third-order valence-electron chi connectivity index (χ3n) is 4.33. The van der Waals surface area contributed by atoms with Crippen molar-refractivity contribution in [2.24, 2.45) is 0 Å². The number of hydrogen-bond acceptors (Lipinski definition) is 4. The molecule has 0 fully saturated rings. The van der Waals surface area contributed by atoms with Crippen molar-refractivity contribution in [1.29, 1.82) is 0 Å². The molecule has 0 radical (unpaired) electrons. The van der Waals surface area contributed by atoms with Gasteiger partial charge in [0.05, 0.1) is 10.6 Å². The molecule has 0 saturated carbocycles. The number of carbonyl (C=O) groups excluding carboxylic acids is 2. The number of aromatic nitrogens is 1. The van der Waals surface area contributed by atoms with Gasteiger partial charge in [0.2, 0.25) is 0 Å². The van der Waals surface area contributed by atoms with Gasteiger partial charge in [-0.15, -0.1) is 0 Å². The third-order valence-corrected chi connectivity index (χ3v) is 4.65. The molecule has 138 valence electrons. The summed E-state index contributed by atoms with van der Waals surface area (Å²) in [5.41, 5.74) is 5.87. The molecule has 1 atom stereocenters. The van der Waals surface area contributed by atoms with Crippen LogP contribution < -0.4 is 5.73 Å². The molecule has 6 heteroatoms. The molecule has 1 aromatic carbocycles. The van der Waals surface area contributed by atoms with E-state index >= 15 is 4.39 Å². The van der Waals surface area contributed by atoms with Crippen molar-refractivity contribution in [1.82, 2.24) is 4.98 Å². The maximum atomic E-state index is 15.2. The van der Waals surface area contributed by atoms with Gasteiger partial charge >= 0.3 is 0 Å². The van der Waals surface area contributed by atoms with E-state index in [1.807, 2.05) is 13.8 Å². The number of nitrogens with zero attached hydrogens (tertiary/aromatic N) is 1. The van der Waals surface area contributed by atoms with Crippen LogP contribution in [0.15, 0.2) is 30.5 Å². The highest BCUT2D eigenvalue weighted by atomic mass is 35.5. The van der Waals surface area contributed by atoms with Gasteiger partial charge in [-0.25, -0.2) is 9.37 Å². The Hall–Kier alpha value is -2.27. The zero-order valence-electron chi connectivity index (χ0n) is 14.9. The van der Waals surface area contributed by atoms with Crippen molar-refractivity contribution in [3.8, 4) is 0 Å². The van der Waals surface area contributed by atoms with Crippen LogP contribution in [0.2, 0.25) is 5.02 Å². The fourth-order valence-corrected chi connectivity index (χ4v) is 3.14. The van der Waals surface area contributed by atoms with Gasteiger partial charge in [0.15, 0.2) is 5.78 Å². The molecule has 0 aliphatic heterocycles. The monoisotopic (exact) mass is 376 g/mol. The van der Waals surface area contributed by atoms with Crippen LogP contribution in [0, 0.1) is 5.82 Å². The van der Waals surface area contributed by atoms with E-state index in [-0.39, 0.29) is 40.1 Å². The molecular formula is C20H22ClFN2O2. The number of rotatable bonds is 8. The predicted octanol–water partition coefficient (Wildman–Crippen LogP) is 4.94. The second-order valence-corrected chi connectivity index (χ2v) is 6.63. The minimum Gasteiger partial charge on any atom is -0.384 e. The molecule has 0 unspecified atom stereocenters. The normalized spacial score (nSPS) is 12.0. The summed E-state index contributed by atoms with van der Waals surface area (Å²) in [4.78, 5) is 28.6. The van der Waals surface area contributed by atoms with Crippen molar-refractivity contribution in [3.63, 3.8) is 0 Å². The van der Waals surface area contributed by atoms with Gasteiger partial charge in [0, 0.05) is 24.6 Å². The molecule has 0 spiro atoms. The first-order chi connectivity index (χ1) is 12.4. The smallest absolute Gasteiger partial charge is 0.199 e. The number of nitrogens with two attached hydrogens (primary N) is 1. The summed E-state index contributed by atoms with van der Waals surface area (Å²) < 4.78 is 15.2. The van der Waals surface area contributed by atoms with E-state index in [0.29, 0.717) is 18.4 Å². The zero-order valence-corrected chi connectivity index (χ0v) is 15.6. The van der Waals surface area contributed by atoms with Crippen LogP contribution in [-0.2, 0) is 4.79 Å². The Morgan fingerprint density at radius 1 is 1.23 bits per heavy atom. The van der Waals surface area contributed by atoms with Crippen LogP contribution in [0.1, 0.15) is 66.9 Å². The fourth-order valence-electron chi connectivity index (χ4n) is 2.91. The lowest BCUT2D eigenvalue weighted by molar-refractivity contribution is -0.119. The van der Waals surface area contributed by atoms with Gasteiger partial charge in [-0.3, -0.25) is 9.59 Å². The Morgan fingerprint density at radius 3 is 2.54 bits per heavy atom. The lowest BCUT2D eigenvalue weighted by Crippen LogP contribution is -2.13. The zero-order chi connectivity index (χ0) is 19.3. The first-order valence-corrected chi connectivity index (χ1v) is 9.02. The average Bonchev–Trinajstić information content (AvgIpc) is 2.61. The molecule has 26 heavy (non-hydrogen) atoms. The quantitative estimate of drug-likeness (QED) is 0.662. The van der Waals surface area contributed by atoms with Crippen LogP contribution in [0.5, 0.6) is 0 Å². The second kappa shape index (κ2) is 8.90. The molecule has 1 aromatic heterocycles. The summed E-state index contributed by atoms with van der Waals surface area (Å²) in [5.74, 6) is -1.17. The maximum absolute atomic E-state index is 15.2. The average molecular weight is 377 g/mol. The highest BCUT2D eigenvalue weighted by Crippen LogP contribution is 2.32. The van der Waals surface area contributed by atoms with Crippen LogP contribution in [0.3, 0.4) is 0 Å². The van der Waals surface area contributed by atoms with Crippen molar-refractivity contribution < 1.29 is 14.0 Å². The number of ketones is 2. The Bertz CT molecular complexity index is 806. The van der Waals surface area contributed by atoms with E-state index in [9.17, 15) is 9.59 Å². The Kier molecular flexibility index (Phi) is 6.86. The third kappa shape index (κ3) is 4.47. The summed E-state index contributed by atoms with van der Waals surface area (Å²) in [6.45, 7) is 3.82. The molecule has 4 nitrogen and oxygen atoms in total. The number of carbonyl (C=O) groups is 2. The summed E-state index contributed by atoms with van der Waals surface area (Å²) in [5, 5.41) is 0.0304. The van der Waals surface area contributed by atoms with Gasteiger partial charge in [-0.05, 0) is 42.5 Å². The fraction of sp³-hybridized carbons (Fsp3) is 0.350. The van der Waals surface area contributed by atoms with Gasteiger partial charge in [-0.1, -0.05) is 31.5 Å². The maximum Gasteiger partial charge on any atom is 0.199 e. The Labute approximate surface area is 157 Å². The van der Waals surface area contributed by atoms with Crippen molar-refractivity contribution in [2.45, 2.75) is 45.4 Å². The number of pyridine rings is 1. The van der Waals surface area contributed by atoms with Gasteiger partial charge < -0.3 is 5.73 Å². The number of hydrogen-bond donors (Lipinski definition) is 1. The molecule has 0 aliphatic carbocycles. The number of nitrogen functional groups attached to an aromatic ring is 1. The number of anilines is 1. The molecule has 0 bridgehead atoms. The van der Waals surface area contributed by atoms with E-state index in [0.717, 1.165) is 6.42 Å². The lowest BCUT2D eigenvalue weighted by Gasteiger charge is -2.18. The van der Waals surface area contributed by atoms with Gasteiger partial charge in [0.1, 0.15) is 17.4 Å². The highest BCUT2D eigenvalue weighted by molar-refractivity contribution is 6.35. The summed E-state index contributed by atoms with van der Waals surface area (Å²) in [7, 11) is 0. The Balaban J connectivity index is 2.42. The van der Waals surface area contributed by atoms with Crippen molar-refractivity contribution in [3.05, 3.63) is 58.0 Å². The molecule has 0 saturated heterocycles. The minimum atomic E-state index is -0.671. The molecular weight excluding hydrogens is 355 g/mol. The first-order valence-electron chi connectivity index (χ1n) is 8.64. The largest absolute Gasteiger partial charge is 0.384 e.